The Morgan fingerprint density at radius 3 is 2.62 bits per heavy atom. The third-order valence-electron chi connectivity index (χ3n) is 2.53. The number of benzene rings is 1. The first-order valence-electron chi connectivity index (χ1n) is 4.92. The molecule has 88 valence electrons. The number of hydrogen-bond donors (Lipinski definition) is 1. The van der Waals surface area contributed by atoms with E-state index < -0.39 is 11.4 Å². The lowest BCUT2D eigenvalue weighted by Crippen LogP contribution is -2.21. The van der Waals surface area contributed by atoms with E-state index >= 15 is 0 Å². The second-order valence-electron chi connectivity index (χ2n) is 4.30. The van der Waals surface area contributed by atoms with E-state index in [0.717, 1.165) is 15.8 Å². The minimum atomic E-state index is -0.799. The number of carbonyl (C=O) groups is 1. The SMILES string of the molecule is COc1cc(C(C)(C)CC(=O)O)ccc1Br. The van der Waals surface area contributed by atoms with E-state index in [-0.39, 0.29) is 6.42 Å². The minimum Gasteiger partial charge on any atom is -0.496 e. The molecule has 16 heavy (non-hydrogen) atoms. The standard InChI is InChI=1S/C12H15BrO3/c1-12(2,7-11(14)15)8-4-5-9(13)10(6-8)16-3/h4-6H,7H2,1-3H3,(H,14,15). The molecule has 1 rings (SSSR count). The van der Waals surface area contributed by atoms with Gasteiger partial charge < -0.3 is 9.84 Å². The number of hydrogen-bond acceptors (Lipinski definition) is 2. The Kier molecular flexibility index (Phi) is 3.97. The summed E-state index contributed by atoms with van der Waals surface area (Å²) in [5, 5.41) is 8.85. The smallest absolute Gasteiger partial charge is 0.304 e. The Labute approximate surface area is 104 Å². The van der Waals surface area contributed by atoms with Gasteiger partial charge in [0, 0.05) is 5.41 Å². The van der Waals surface area contributed by atoms with E-state index in [1.807, 2.05) is 32.0 Å². The van der Waals surface area contributed by atoms with Crippen molar-refractivity contribution in [2.45, 2.75) is 25.7 Å². The molecule has 0 amide bonds. The van der Waals surface area contributed by atoms with Crippen molar-refractivity contribution in [2.24, 2.45) is 0 Å². The molecule has 0 saturated carbocycles. The van der Waals surface area contributed by atoms with Gasteiger partial charge in [0.1, 0.15) is 5.75 Å². The van der Waals surface area contributed by atoms with Crippen molar-refractivity contribution in [3.05, 3.63) is 28.2 Å². The van der Waals surface area contributed by atoms with Crippen molar-refractivity contribution >= 4 is 21.9 Å². The minimum absolute atomic E-state index is 0.0950. The number of carboxylic acid groups (broad SMARTS) is 1. The summed E-state index contributed by atoms with van der Waals surface area (Å²) in [6.07, 6.45) is 0.0950. The first-order chi connectivity index (χ1) is 7.36. The predicted molar refractivity (Wildman–Crippen MR) is 66.0 cm³/mol. The van der Waals surface area contributed by atoms with Crippen molar-refractivity contribution < 1.29 is 14.6 Å². The maximum absolute atomic E-state index is 10.8. The van der Waals surface area contributed by atoms with Gasteiger partial charge in [-0.15, -0.1) is 0 Å². The third kappa shape index (κ3) is 2.98. The molecular formula is C12H15BrO3. The quantitative estimate of drug-likeness (QED) is 0.925. The number of methoxy groups -OCH3 is 1. The number of halogens is 1. The van der Waals surface area contributed by atoms with Gasteiger partial charge in [-0.05, 0) is 33.6 Å². The molecule has 0 saturated heterocycles. The molecule has 1 aromatic carbocycles. The summed E-state index contributed by atoms with van der Waals surface area (Å²) in [4.78, 5) is 10.8. The molecule has 0 aliphatic rings. The Morgan fingerprint density at radius 1 is 1.50 bits per heavy atom. The molecular weight excluding hydrogens is 272 g/mol. The zero-order valence-electron chi connectivity index (χ0n) is 9.58. The maximum Gasteiger partial charge on any atom is 0.304 e. The number of carboxylic acids is 1. The summed E-state index contributed by atoms with van der Waals surface area (Å²) in [6, 6.07) is 5.65. The second-order valence-corrected chi connectivity index (χ2v) is 5.16. The molecule has 0 unspecified atom stereocenters. The van der Waals surface area contributed by atoms with Crippen LogP contribution in [0.1, 0.15) is 25.8 Å². The Morgan fingerprint density at radius 2 is 2.12 bits per heavy atom. The van der Waals surface area contributed by atoms with E-state index in [0.29, 0.717) is 0 Å². The number of aliphatic carboxylic acids is 1. The molecule has 0 heterocycles. The van der Waals surface area contributed by atoms with Crippen LogP contribution in [-0.2, 0) is 10.2 Å². The van der Waals surface area contributed by atoms with E-state index in [1.165, 1.54) is 0 Å². The van der Waals surface area contributed by atoms with Gasteiger partial charge in [0.25, 0.3) is 0 Å². The van der Waals surface area contributed by atoms with Crippen LogP contribution in [0.5, 0.6) is 5.75 Å². The molecule has 3 nitrogen and oxygen atoms in total. The van der Waals surface area contributed by atoms with Crippen molar-refractivity contribution in [2.75, 3.05) is 7.11 Å². The molecule has 0 spiro atoms. The van der Waals surface area contributed by atoms with Gasteiger partial charge in [-0.25, -0.2) is 0 Å². The van der Waals surface area contributed by atoms with Crippen molar-refractivity contribution in [3.8, 4) is 5.75 Å². The van der Waals surface area contributed by atoms with E-state index in [9.17, 15) is 4.79 Å². The lowest BCUT2D eigenvalue weighted by atomic mass is 9.81. The molecule has 1 aromatic rings. The van der Waals surface area contributed by atoms with Crippen LogP contribution in [0.2, 0.25) is 0 Å². The van der Waals surface area contributed by atoms with Crippen molar-refractivity contribution in [1.29, 1.82) is 0 Å². The first-order valence-corrected chi connectivity index (χ1v) is 5.72. The predicted octanol–water partition coefficient (Wildman–Crippen LogP) is 3.21. The van der Waals surface area contributed by atoms with Gasteiger partial charge >= 0.3 is 5.97 Å². The molecule has 0 aliphatic heterocycles. The Bertz CT molecular complexity index is 399. The zero-order chi connectivity index (χ0) is 12.3. The first kappa shape index (κ1) is 13.0. The molecule has 0 bridgehead atoms. The van der Waals surface area contributed by atoms with Gasteiger partial charge in [0.15, 0.2) is 0 Å². The van der Waals surface area contributed by atoms with Gasteiger partial charge in [0.05, 0.1) is 18.0 Å². The molecule has 0 aliphatic carbocycles. The lowest BCUT2D eigenvalue weighted by Gasteiger charge is -2.23. The van der Waals surface area contributed by atoms with Crippen molar-refractivity contribution in [3.63, 3.8) is 0 Å². The summed E-state index contributed by atoms with van der Waals surface area (Å²) >= 11 is 3.37. The van der Waals surface area contributed by atoms with E-state index in [4.69, 9.17) is 9.84 Å². The summed E-state index contributed by atoms with van der Waals surface area (Å²) in [5.41, 5.74) is 0.551. The molecule has 0 radical (unpaired) electrons. The summed E-state index contributed by atoms with van der Waals surface area (Å²) in [6.45, 7) is 3.81. The number of rotatable bonds is 4. The normalized spacial score (nSPS) is 11.2. The van der Waals surface area contributed by atoms with Crippen molar-refractivity contribution in [1.82, 2.24) is 0 Å². The summed E-state index contributed by atoms with van der Waals surface area (Å²) in [5.74, 6) is -0.0807. The van der Waals surface area contributed by atoms with Crippen LogP contribution < -0.4 is 4.74 Å². The number of ether oxygens (including phenoxy) is 1. The fourth-order valence-corrected chi connectivity index (χ4v) is 1.97. The zero-order valence-corrected chi connectivity index (χ0v) is 11.2. The van der Waals surface area contributed by atoms with Crippen LogP contribution in [0.25, 0.3) is 0 Å². The lowest BCUT2D eigenvalue weighted by molar-refractivity contribution is -0.138. The summed E-state index contributed by atoms with van der Waals surface area (Å²) in [7, 11) is 1.59. The van der Waals surface area contributed by atoms with Crippen LogP contribution >= 0.6 is 15.9 Å². The monoisotopic (exact) mass is 286 g/mol. The average Bonchev–Trinajstić information content (AvgIpc) is 2.16. The van der Waals surface area contributed by atoms with Crippen LogP contribution in [-0.4, -0.2) is 18.2 Å². The van der Waals surface area contributed by atoms with Crippen LogP contribution in [0.4, 0.5) is 0 Å². The Hall–Kier alpha value is -1.03. The van der Waals surface area contributed by atoms with Gasteiger partial charge in [-0.2, -0.15) is 0 Å². The van der Waals surface area contributed by atoms with Crippen LogP contribution in [0, 0.1) is 0 Å². The van der Waals surface area contributed by atoms with Crippen LogP contribution in [0.3, 0.4) is 0 Å². The molecule has 0 aromatic heterocycles. The highest BCUT2D eigenvalue weighted by Crippen LogP contribution is 2.33. The topological polar surface area (TPSA) is 46.5 Å². The second kappa shape index (κ2) is 4.87. The molecule has 1 N–H and O–H groups in total. The van der Waals surface area contributed by atoms with Crippen LogP contribution in [0.15, 0.2) is 22.7 Å². The fourth-order valence-electron chi connectivity index (χ4n) is 1.56. The summed E-state index contributed by atoms with van der Waals surface area (Å²) < 4.78 is 6.06. The van der Waals surface area contributed by atoms with Gasteiger partial charge in [-0.3, -0.25) is 4.79 Å². The van der Waals surface area contributed by atoms with E-state index in [2.05, 4.69) is 15.9 Å². The van der Waals surface area contributed by atoms with E-state index in [1.54, 1.807) is 7.11 Å². The molecule has 0 atom stereocenters. The average molecular weight is 287 g/mol. The van der Waals surface area contributed by atoms with Gasteiger partial charge in [0.2, 0.25) is 0 Å². The molecule has 0 fully saturated rings. The highest BCUT2D eigenvalue weighted by atomic mass is 79.9. The van der Waals surface area contributed by atoms with Gasteiger partial charge in [-0.1, -0.05) is 19.9 Å². The molecule has 4 heteroatoms. The highest BCUT2D eigenvalue weighted by Gasteiger charge is 2.24. The third-order valence-corrected chi connectivity index (χ3v) is 3.18. The fraction of sp³-hybridized carbons (Fsp3) is 0.417. The maximum atomic E-state index is 10.8. The Balaban J connectivity index is 3.08. The largest absolute Gasteiger partial charge is 0.496 e. The highest BCUT2D eigenvalue weighted by molar-refractivity contribution is 9.10.